The van der Waals surface area contributed by atoms with Gasteiger partial charge in [-0.05, 0) is 24.6 Å². The first kappa shape index (κ1) is 11.4. The summed E-state index contributed by atoms with van der Waals surface area (Å²) in [5.74, 6) is 0.618. The van der Waals surface area contributed by atoms with Crippen molar-refractivity contribution in [3.63, 3.8) is 0 Å². The topological polar surface area (TPSA) is 24.9 Å². The van der Waals surface area contributed by atoms with Crippen LogP contribution >= 0.6 is 27.3 Å². The van der Waals surface area contributed by atoms with Gasteiger partial charge < -0.3 is 5.32 Å². The lowest BCUT2D eigenvalue weighted by Crippen LogP contribution is -2.40. The minimum Gasteiger partial charge on any atom is -0.315 e. The van der Waals surface area contributed by atoms with E-state index in [2.05, 4.69) is 51.7 Å². The molecule has 0 aliphatic carbocycles. The Kier molecular flexibility index (Phi) is 3.03. The Morgan fingerprint density at radius 1 is 1.41 bits per heavy atom. The smallest absolute Gasteiger partial charge is 0.123 e. The fraction of sp³-hybridized carbons (Fsp3) is 0.308. The average Bonchev–Trinajstić information content (AvgIpc) is 2.68. The van der Waals surface area contributed by atoms with E-state index in [1.54, 1.807) is 11.3 Å². The Bertz CT molecular complexity index is 546. The number of thiazole rings is 1. The summed E-state index contributed by atoms with van der Waals surface area (Å²) in [5.41, 5.74) is 3.76. The van der Waals surface area contributed by atoms with Crippen LogP contribution in [0.5, 0.6) is 0 Å². The largest absolute Gasteiger partial charge is 0.315 e. The zero-order chi connectivity index (χ0) is 11.8. The summed E-state index contributed by atoms with van der Waals surface area (Å²) in [6.45, 7) is 4.27. The first-order valence-corrected chi connectivity index (χ1v) is 7.34. The summed E-state index contributed by atoms with van der Waals surface area (Å²) >= 11 is 5.26. The van der Waals surface area contributed by atoms with E-state index in [4.69, 9.17) is 4.98 Å². The summed E-state index contributed by atoms with van der Waals surface area (Å²) in [7, 11) is 0. The molecule has 1 aromatic carbocycles. The third-order valence-corrected chi connectivity index (χ3v) is 4.54. The molecule has 4 heteroatoms. The van der Waals surface area contributed by atoms with Crippen molar-refractivity contribution in [3.05, 3.63) is 39.3 Å². The Labute approximate surface area is 113 Å². The van der Waals surface area contributed by atoms with Gasteiger partial charge in [0.15, 0.2) is 0 Å². The molecule has 88 valence electrons. The summed E-state index contributed by atoms with van der Waals surface area (Å²) < 4.78 is 1.11. The van der Waals surface area contributed by atoms with Crippen LogP contribution < -0.4 is 5.32 Å². The molecule has 0 unspecified atom stereocenters. The number of hydrogen-bond donors (Lipinski definition) is 1. The molecule has 0 amide bonds. The molecule has 2 aromatic rings. The van der Waals surface area contributed by atoms with Crippen LogP contribution in [0.4, 0.5) is 0 Å². The molecule has 1 aliphatic rings. The summed E-state index contributed by atoms with van der Waals surface area (Å²) in [5, 5.41) is 6.61. The second-order valence-electron chi connectivity index (χ2n) is 4.39. The maximum atomic E-state index is 4.76. The molecule has 0 radical (unpaired) electrons. The maximum Gasteiger partial charge on any atom is 0.123 e. The lowest BCUT2D eigenvalue weighted by Gasteiger charge is -2.25. The van der Waals surface area contributed by atoms with Gasteiger partial charge in [-0.3, -0.25) is 0 Å². The van der Waals surface area contributed by atoms with Crippen LogP contribution in [0.3, 0.4) is 0 Å². The molecule has 1 fully saturated rings. The number of hydrogen-bond acceptors (Lipinski definition) is 3. The van der Waals surface area contributed by atoms with E-state index in [9.17, 15) is 0 Å². The van der Waals surface area contributed by atoms with Crippen LogP contribution in [-0.4, -0.2) is 18.1 Å². The summed E-state index contributed by atoms with van der Waals surface area (Å²) in [6.07, 6.45) is 0. The highest BCUT2D eigenvalue weighted by Crippen LogP contribution is 2.32. The van der Waals surface area contributed by atoms with Gasteiger partial charge in [0.05, 0.1) is 5.69 Å². The van der Waals surface area contributed by atoms with Gasteiger partial charge in [-0.25, -0.2) is 4.98 Å². The third-order valence-electron chi connectivity index (χ3n) is 3.15. The number of rotatable bonds is 2. The molecule has 0 saturated carbocycles. The first-order valence-electron chi connectivity index (χ1n) is 5.67. The molecular weight excluding hydrogens is 296 g/mol. The van der Waals surface area contributed by atoms with E-state index in [1.807, 2.05) is 0 Å². The Balaban J connectivity index is 1.97. The predicted octanol–water partition coefficient (Wildman–Crippen LogP) is 3.57. The van der Waals surface area contributed by atoms with Crippen molar-refractivity contribution in [1.82, 2.24) is 10.3 Å². The van der Waals surface area contributed by atoms with Crippen molar-refractivity contribution in [1.29, 1.82) is 0 Å². The zero-order valence-electron chi connectivity index (χ0n) is 9.53. The average molecular weight is 309 g/mol. The Hall–Kier alpha value is -0.710. The lowest BCUT2D eigenvalue weighted by atomic mass is 10.0. The molecule has 1 aliphatic heterocycles. The lowest BCUT2D eigenvalue weighted by molar-refractivity contribution is 0.441. The van der Waals surface area contributed by atoms with Crippen molar-refractivity contribution in [3.8, 4) is 10.6 Å². The van der Waals surface area contributed by atoms with Crippen LogP contribution in [0.2, 0.25) is 0 Å². The molecule has 0 bridgehead atoms. The zero-order valence-corrected chi connectivity index (χ0v) is 11.9. The molecule has 0 spiro atoms. The standard InChI is InChI=1S/C13H13BrN2S/c1-8-2-3-10(14)4-11(8)13-16-12(7-17-13)9-5-15-6-9/h2-4,7,9,15H,5-6H2,1H3. The van der Waals surface area contributed by atoms with Gasteiger partial charge in [0.1, 0.15) is 5.01 Å². The number of halogens is 1. The van der Waals surface area contributed by atoms with Gasteiger partial charge in [-0.1, -0.05) is 22.0 Å². The molecule has 17 heavy (non-hydrogen) atoms. The quantitative estimate of drug-likeness (QED) is 0.917. The number of aromatic nitrogens is 1. The van der Waals surface area contributed by atoms with Crippen molar-refractivity contribution in [2.24, 2.45) is 0 Å². The second-order valence-corrected chi connectivity index (χ2v) is 6.17. The van der Waals surface area contributed by atoms with Crippen LogP contribution in [-0.2, 0) is 0 Å². The van der Waals surface area contributed by atoms with Gasteiger partial charge in [0, 0.05) is 34.4 Å². The van der Waals surface area contributed by atoms with Gasteiger partial charge in [0.25, 0.3) is 0 Å². The Morgan fingerprint density at radius 3 is 2.94 bits per heavy atom. The van der Waals surface area contributed by atoms with E-state index in [-0.39, 0.29) is 0 Å². The van der Waals surface area contributed by atoms with Crippen LogP contribution in [0.25, 0.3) is 10.6 Å². The molecule has 2 nitrogen and oxygen atoms in total. The minimum atomic E-state index is 0.618. The van der Waals surface area contributed by atoms with Crippen molar-refractivity contribution in [2.75, 3.05) is 13.1 Å². The normalized spacial score (nSPS) is 15.9. The molecule has 1 aromatic heterocycles. The van der Waals surface area contributed by atoms with E-state index in [0.717, 1.165) is 22.6 Å². The third kappa shape index (κ3) is 2.17. The van der Waals surface area contributed by atoms with Crippen molar-refractivity contribution in [2.45, 2.75) is 12.8 Å². The number of nitrogens with one attached hydrogen (secondary N) is 1. The highest BCUT2D eigenvalue weighted by molar-refractivity contribution is 9.10. The highest BCUT2D eigenvalue weighted by atomic mass is 79.9. The molecule has 3 rings (SSSR count). The van der Waals surface area contributed by atoms with Crippen LogP contribution in [0.15, 0.2) is 28.1 Å². The van der Waals surface area contributed by atoms with Crippen LogP contribution in [0.1, 0.15) is 17.2 Å². The number of benzene rings is 1. The molecule has 1 saturated heterocycles. The fourth-order valence-corrected chi connectivity index (χ4v) is 3.26. The highest BCUT2D eigenvalue weighted by Gasteiger charge is 2.22. The Morgan fingerprint density at radius 2 is 2.24 bits per heavy atom. The molecular formula is C13H13BrN2S. The SMILES string of the molecule is Cc1ccc(Br)cc1-c1nc(C2CNC2)cs1. The van der Waals surface area contributed by atoms with E-state index < -0.39 is 0 Å². The van der Waals surface area contributed by atoms with Crippen LogP contribution in [0, 0.1) is 6.92 Å². The van der Waals surface area contributed by atoms with Crippen molar-refractivity contribution < 1.29 is 0 Å². The van der Waals surface area contributed by atoms with Crippen molar-refractivity contribution >= 4 is 27.3 Å². The fourth-order valence-electron chi connectivity index (χ4n) is 1.92. The van der Waals surface area contributed by atoms with Gasteiger partial charge in [0.2, 0.25) is 0 Å². The molecule has 1 N–H and O–H groups in total. The second kappa shape index (κ2) is 4.52. The summed E-state index contributed by atoms with van der Waals surface area (Å²) in [6, 6.07) is 6.35. The number of aryl methyl sites for hydroxylation is 1. The predicted molar refractivity (Wildman–Crippen MR) is 75.6 cm³/mol. The summed E-state index contributed by atoms with van der Waals surface area (Å²) in [4.78, 5) is 4.76. The monoisotopic (exact) mass is 308 g/mol. The van der Waals surface area contributed by atoms with E-state index in [0.29, 0.717) is 5.92 Å². The van der Waals surface area contributed by atoms with Gasteiger partial charge in [-0.15, -0.1) is 11.3 Å². The number of nitrogens with zero attached hydrogens (tertiary/aromatic N) is 1. The minimum absolute atomic E-state index is 0.618. The first-order chi connectivity index (χ1) is 8.24. The van der Waals surface area contributed by atoms with Gasteiger partial charge in [-0.2, -0.15) is 0 Å². The van der Waals surface area contributed by atoms with E-state index >= 15 is 0 Å². The maximum absolute atomic E-state index is 4.76. The van der Waals surface area contributed by atoms with E-state index in [1.165, 1.54) is 16.8 Å². The van der Waals surface area contributed by atoms with Gasteiger partial charge >= 0.3 is 0 Å². The molecule has 0 atom stereocenters. The molecule has 2 heterocycles.